The summed E-state index contributed by atoms with van der Waals surface area (Å²) in [6.07, 6.45) is 1.64. The van der Waals surface area contributed by atoms with E-state index < -0.39 is 11.6 Å². The number of carbonyl (C=O) groups excluding carboxylic acids is 1. The van der Waals surface area contributed by atoms with E-state index in [1.807, 2.05) is 48.7 Å². The highest BCUT2D eigenvalue weighted by Crippen LogP contribution is 2.30. The summed E-state index contributed by atoms with van der Waals surface area (Å²) in [6, 6.07) is 14.2. The van der Waals surface area contributed by atoms with Gasteiger partial charge in [-0.05, 0) is 50.2 Å². The van der Waals surface area contributed by atoms with Crippen LogP contribution >= 0.6 is 0 Å². The fraction of sp³-hybridized carbons (Fsp3) is 0.136. The van der Waals surface area contributed by atoms with E-state index in [1.165, 1.54) is 0 Å². The number of phenolic OH excluding ortho intramolecular Hbond substituents is 1. The lowest BCUT2D eigenvalue weighted by molar-refractivity contribution is 0.103. The van der Waals surface area contributed by atoms with E-state index in [0.717, 1.165) is 23.8 Å². The van der Waals surface area contributed by atoms with Gasteiger partial charge in [-0.3, -0.25) is 4.79 Å². The minimum atomic E-state index is -0.598. The number of rotatable bonds is 5. The summed E-state index contributed by atoms with van der Waals surface area (Å²) in [5.41, 5.74) is 1.53. The van der Waals surface area contributed by atoms with Crippen LogP contribution in [0.3, 0.4) is 0 Å². The van der Waals surface area contributed by atoms with E-state index in [1.54, 1.807) is 12.3 Å². The van der Waals surface area contributed by atoms with Gasteiger partial charge in [-0.2, -0.15) is 0 Å². The minimum Gasteiger partial charge on any atom is -0.507 e. The first-order chi connectivity index (χ1) is 13.9. The van der Waals surface area contributed by atoms with Gasteiger partial charge in [0.25, 0.3) is 5.89 Å². The van der Waals surface area contributed by atoms with Gasteiger partial charge in [-0.15, -0.1) is 10.2 Å². The number of halogens is 1. The van der Waals surface area contributed by atoms with Crippen molar-refractivity contribution >= 4 is 5.78 Å². The van der Waals surface area contributed by atoms with E-state index in [2.05, 4.69) is 10.2 Å². The van der Waals surface area contributed by atoms with Crippen LogP contribution in [0.25, 0.3) is 23.0 Å². The van der Waals surface area contributed by atoms with Gasteiger partial charge in [-0.1, -0.05) is 18.2 Å². The molecule has 2 heterocycles. The Morgan fingerprint density at radius 1 is 1.07 bits per heavy atom. The number of benzene rings is 2. The van der Waals surface area contributed by atoms with Crippen LogP contribution in [-0.4, -0.2) is 25.7 Å². The van der Waals surface area contributed by atoms with Gasteiger partial charge >= 0.3 is 0 Å². The molecule has 0 saturated heterocycles. The molecule has 7 heteroatoms. The van der Waals surface area contributed by atoms with Crippen LogP contribution in [0.2, 0.25) is 0 Å². The summed E-state index contributed by atoms with van der Waals surface area (Å²) in [5, 5.41) is 18.2. The standard InChI is InChI=1S/C22H18FN3O3/c1-13(2)26-12-15(20(28)17-11-16(23)8-9-19(17)27)10-18(26)22-25-24-21(29-22)14-6-4-3-5-7-14/h3-13,27H,1-2H3. The summed E-state index contributed by atoms with van der Waals surface area (Å²) >= 11 is 0. The third-order valence-electron chi connectivity index (χ3n) is 4.54. The molecule has 6 nitrogen and oxygen atoms in total. The molecule has 0 saturated carbocycles. The fourth-order valence-electron chi connectivity index (χ4n) is 3.07. The van der Waals surface area contributed by atoms with Crippen LogP contribution in [0.1, 0.15) is 35.8 Å². The number of hydrogen-bond donors (Lipinski definition) is 1. The average molecular weight is 391 g/mol. The summed E-state index contributed by atoms with van der Waals surface area (Å²) in [7, 11) is 0. The van der Waals surface area contributed by atoms with Crippen LogP contribution in [0, 0.1) is 5.82 Å². The molecular formula is C22H18FN3O3. The lowest BCUT2D eigenvalue weighted by Gasteiger charge is -2.09. The van der Waals surface area contributed by atoms with Crippen molar-refractivity contribution < 1.29 is 18.7 Å². The summed E-state index contributed by atoms with van der Waals surface area (Å²) in [5.74, 6) is -0.739. The van der Waals surface area contributed by atoms with Crippen LogP contribution in [-0.2, 0) is 0 Å². The Morgan fingerprint density at radius 3 is 2.52 bits per heavy atom. The van der Waals surface area contributed by atoms with E-state index in [0.29, 0.717) is 11.6 Å². The van der Waals surface area contributed by atoms with Gasteiger partial charge in [0.1, 0.15) is 17.3 Å². The zero-order chi connectivity index (χ0) is 20.5. The smallest absolute Gasteiger partial charge is 0.264 e. The van der Waals surface area contributed by atoms with E-state index in [9.17, 15) is 14.3 Å². The van der Waals surface area contributed by atoms with Crippen molar-refractivity contribution in [3.8, 4) is 28.8 Å². The van der Waals surface area contributed by atoms with Crippen molar-refractivity contribution in [3.05, 3.63) is 77.7 Å². The molecule has 1 N–H and O–H groups in total. The topological polar surface area (TPSA) is 81.2 Å². The highest BCUT2D eigenvalue weighted by molar-refractivity contribution is 6.11. The second-order valence-electron chi connectivity index (χ2n) is 6.88. The van der Waals surface area contributed by atoms with Gasteiger partial charge in [0.15, 0.2) is 5.78 Å². The fourth-order valence-corrected chi connectivity index (χ4v) is 3.07. The molecule has 146 valence electrons. The molecule has 0 atom stereocenters. The maximum atomic E-state index is 13.6. The van der Waals surface area contributed by atoms with E-state index in [-0.39, 0.29) is 28.8 Å². The van der Waals surface area contributed by atoms with Crippen molar-refractivity contribution in [2.45, 2.75) is 19.9 Å². The normalized spacial score (nSPS) is 11.2. The van der Waals surface area contributed by atoms with Crippen molar-refractivity contribution in [2.75, 3.05) is 0 Å². The largest absolute Gasteiger partial charge is 0.507 e. The molecule has 0 radical (unpaired) electrons. The van der Waals surface area contributed by atoms with Gasteiger partial charge in [0.05, 0.1) is 5.56 Å². The molecule has 0 aliphatic rings. The Hall–Kier alpha value is -3.74. The van der Waals surface area contributed by atoms with E-state index >= 15 is 0 Å². The van der Waals surface area contributed by atoms with Gasteiger partial charge < -0.3 is 14.1 Å². The maximum Gasteiger partial charge on any atom is 0.264 e. The summed E-state index contributed by atoms with van der Waals surface area (Å²) < 4.78 is 21.2. The molecule has 0 fully saturated rings. The lowest BCUT2D eigenvalue weighted by Crippen LogP contribution is -2.03. The molecule has 0 unspecified atom stereocenters. The third kappa shape index (κ3) is 3.54. The molecule has 2 aromatic heterocycles. The Labute approximate surface area is 166 Å². The monoisotopic (exact) mass is 391 g/mol. The predicted molar refractivity (Wildman–Crippen MR) is 105 cm³/mol. The quantitative estimate of drug-likeness (QED) is 0.491. The Kier molecular flexibility index (Phi) is 4.72. The lowest BCUT2D eigenvalue weighted by atomic mass is 10.0. The van der Waals surface area contributed by atoms with Gasteiger partial charge in [0, 0.05) is 23.4 Å². The first-order valence-corrected chi connectivity index (χ1v) is 9.08. The third-order valence-corrected chi connectivity index (χ3v) is 4.54. The highest BCUT2D eigenvalue weighted by atomic mass is 19.1. The van der Waals surface area contributed by atoms with Crippen molar-refractivity contribution in [3.63, 3.8) is 0 Å². The van der Waals surface area contributed by atoms with Gasteiger partial charge in [0.2, 0.25) is 5.89 Å². The highest BCUT2D eigenvalue weighted by Gasteiger charge is 2.22. The van der Waals surface area contributed by atoms with Crippen molar-refractivity contribution in [2.24, 2.45) is 0 Å². The number of hydrogen-bond acceptors (Lipinski definition) is 5. The molecule has 0 bridgehead atoms. The molecule has 0 amide bonds. The zero-order valence-electron chi connectivity index (χ0n) is 15.8. The van der Waals surface area contributed by atoms with Crippen molar-refractivity contribution in [1.82, 2.24) is 14.8 Å². The van der Waals surface area contributed by atoms with Crippen LogP contribution < -0.4 is 0 Å². The number of ketones is 1. The Bertz CT molecular complexity index is 1180. The molecule has 0 aliphatic heterocycles. The number of nitrogens with zero attached hydrogens (tertiary/aromatic N) is 3. The predicted octanol–water partition coefficient (Wildman–Crippen LogP) is 4.86. The Balaban J connectivity index is 1.76. The number of aromatic hydroxyl groups is 1. The minimum absolute atomic E-state index is 0.000248. The summed E-state index contributed by atoms with van der Waals surface area (Å²) in [4.78, 5) is 12.9. The van der Waals surface area contributed by atoms with Crippen LogP contribution in [0.15, 0.2) is 65.2 Å². The zero-order valence-corrected chi connectivity index (χ0v) is 15.8. The van der Waals surface area contributed by atoms with Gasteiger partial charge in [-0.25, -0.2) is 4.39 Å². The van der Waals surface area contributed by atoms with E-state index in [4.69, 9.17) is 4.42 Å². The second kappa shape index (κ2) is 7.35. The Morgan fingerprint density at radius 2 is 1.79 bits per heavy atom. The molecule has 0 spiro atoms. The first-order valence-electron chi connectivity index (χ1n) is 9.08. The molecule has 4 aromatic rings. The number of carbonyl (C=O) groups is 1. The first kappa shape index (κ1) is 18.6. The van der Waals surface area contributed by atoms with Crippen molar-refractivity contribution in [1.29, 1.82) is 0 Å². The maximum absolute atomic E-state index is 13.6. The SMILES string of the molecule is CC(C)n1cc(C(=O)c2cc(F)ccc2O)cc1-c1nnc(-c2ccccc2)o1. The second-order valence-corrected chi connectivity index (χ2v) is 6.88. The number of aromatic nitrogens is 3. The van der Waals surface area contributed by atoms with Crippen LogP contribution in [0.4, 0.5) is 4.39 Å². The molecule has 29 heavy (non-hydrogen) atoms. The van der Waals surface area contributed by atoms with Crippen LogP contribution in [0.5, 0.6) is 5.75 Å². The summed E-state index contributed by atoms with van der Waals surface area (Å²) in [6.45, 7) is 3.90. The molecule has 4 rings (SSSR count). The average Bonchev–Trinajstić information content (AvgIpc) is 3.37. The molecular weight excluding hydrogens is 373 g/mol. The molecule has 0 aliphatic carbocycles. The number of phenols is 1. The molecule has 2 aromatic carbocycles.